The van der Waals surface area contributed by atoms with Crippen molar-refractivity contribution < 1.29 is 9.90 Å². The van der Waals surface area contributed by atoms with Crippen molar-refractivity contribution in [1.29, 1.82) is 0 Å². The van der Waals surface area contributed by atoms with Crippen molar-refractivity contribution in [3.63, 3.8) is 0 Å². The standard InChI is InChI=1S/C20H22BrNO2/c1-14-5-2-6-15(11-14)7-4-10-22-13-16-8-3-9-18(21)17(16)12-19(22)20(23)24/h2-3,5-6,8-9,11,19H,4,7,10,12-13H2,1H3,(H,23,24). The van der Waals surface area contributed by atoms with Crippen molar-refractivity contribution in [2.75, 3.05) is 6.54 Å². The van der Waals surface area contributed by atoms with E-state index in [0.717, 1.165) is 29.4 Å². The fraction of sp³-hybridized carbons (Fsp3) is 0.350. The molecule has 1 unspecified atom stereocenters. The molecule has 0 aliphatic carbocycles. The number of aryl methyl sites for hydroxylation is 2. The summed E-state index contributed by atoms with van der Waals surface area (Å²) in [4.78, 5) is 13.8. The van der Waals surface area contributed by atoms with Crippen LogP contribution >= 0.6 is 15.9 Å². The van der Waals surface area contributed by atoms with E-state index in [1.54, 1.807) is 0 Å². The van der Waals surface area contributed by atoms with E-state index in [9.17, 15) is 9.90 Å². The number of rotatable bonds is 5. The van der Waals surface area contributed by atoms with E-state index in [0.29, 0.717) is 13.0 Å². The zero-order valence-electron chi connectivity index (χ0n) is 13.8. The molecule has 3 rings (SSSR count). The second kappa shape index (κ2) is 7.49. The van der Waals surface area contributed by atoms with Gasteiger partial charge < -0.3 is 5.11 Å². The molecular formula is C20H22BrNO2. The maximum atomic E-state index is 11.7. The number of carboxylic acids is 1. The Morgan fingerprint density at radius 1 is 1.29 bits per heavy atom. The van der Waals surface area contributed by atoms with Gasteiger partial charge in [0.15, 0.2) is 0 Å². The van der Waals surface area contributed by atoms with Crippen molar-refractivity contribution >= 4 is 21.9 Å². The lowest BCUT2D eigenvalue weighted by atomic mass is 9.93. The highest BCUT2D eigenvalue weighted by Gasteiger charge is 2.31. The van der Waals surface area contributed by atoms with E-state index in [-0.39, 0.29) is 0 Å². The van der Waals surface area contributed by atoms with Gasteiger partial charge in [-0.15, -0.1) is 0 Å². The number of aliphatic carboxylic acids is 1. The molecule has 2 aromatic carbocycles. The number of carbonyl (C=O) groups is 1. The van der Waals surface area contributed by atoms with Crippen LogP contribution in [0, 0.1) is 6.92 Å². The molecule has 3 nitrogen and oxygen atoms in total. The zero-order valence-corrected chi connectivity index (χ0v) is 15.4. The SMILES string of the molecule is Cc1cccc(CCCN2Cc3cccc(Br)c3CC2C(=O)O)c1. The first kappa shape index (κ1) is 17.2. The maximum absolute atomic E-state index is 11.7. The fourth-order valence-electron chi connectivity index (χ4n) is 3.46. The minimum absolute atomic E-state index is 0.436. The number of nitrogens with zero attached hydrogens (tertiary/aromatic N) is 1. The van der Waals surface area contributed by atoms with Crippen molar-refractivity contribution in [3.8, 4) is 0 Å². The van der Waals surface area contributed by atoms with Crippen molar-refractivity contribution in [1.82, 2.24) is 4.90 Å². The quantitative estimate of drug-likeness (QED) is 0.835. The topological polar surface area (TPSA) is 40.5 Å². The van der Waals surface area contributed by atoms with Crippen LogP contribution in [0.2, 0.25) is 0 Å². The van der Waals surface area contributed by atoms with Gasteiger partial charge in [0.2, 0.25) is 0 Å². The number of benzene rings is 2. The average molecular weight is 388 g/mol. The lowest BCUT2D eigenvalue weighted by molar-refractivity contribution is -0.144. The fourth-order valence-corrected chi connectivity index (χ4v) is 4.03. The summed E-state index contributed by atoms with van der Waals surface area (Å²) >= 11 is 3.56. The third kappa shape index (κ3) is 3.87. The Kier molecular flexibility index (Phi) is 5.36. The summed E-state index contributed by atoms with van der Waals surface area (Å²) < 4.78 is 1.02. The van der Waals surface area contributed by atoms with Crippen LogP contribution in [-0.4, -0.2) is 28.6 Å². The Labute approximate surface area is 151 Å². The number of hydrogen-bond donors (Lipinski definition) is 1. The monoisotopic (exact) mass is 387 g/mol. The van der Waals surface area contributed by atoms with E-state index < -0.39 is 12.0 Å². The van der Waals surface area contributed by atoms with Gasteiger partial charge in [-0.25, -0.2) is 0 Å². The van der Waals surface area contributed by atoms with Crippen LogP contribution in [-0.2, 0) is 24.2 Å². The highest BCUT2D eigenvalue weighted by molar-refractivity contribution is 9.10. The van der Waals surface area contributed by atoms with Crippen molar-refractivity contribution in [2.24, 2.45) is 0 Å². The van der Waals surface area contributed by atoms with Gasteiger partial charge in [0.05, 0.1) is 0 Å². The van der Waals surface area contributed by atoms with Crippen LogP contribution in [0.3, 0.4) is 0 Å². The number of fused-ring (bicyclic) bond motifs is 1. The first-order valence-electron chi connectivity index (χ1n) is 8.33. The Morgan fingerprint density at radius 3 is 2.83 bits per heavy atom. The molecule has 1 heterocycles. The smallest absolute Gasteiger partial charge is 0.321 e. The molecular weight excluding hydrogens is 366 g/mol. The van der Waals surface area contributed by atoms with E-state index in [1.165, 1.54) is 16.7 Å². The van der Waals surface area contributed by atoms with Crippen LogP contribution in [0.25, 0.3) is 0 Å². The van der Waals surface area contributed by atoms with Crippen LogP contribution in [0.5, 0.6) is 0 Å². The van der Waals surface area contributed by atoms with Gasteiger partial charge in [-0.1, -0.05) is 57.9 Å². The molecule has 1 aliphatic rings. The molecule has 1 aliphatic heterocycles. The van der Waals surface area contributed by atoms with Gasteiger partial charge in [-0.3, -0.25) is 9.69 Å². The minimum Gasteiger partial charge on any atom is -0.480 e. The molecule has 126 valence electrons. The molecule has 24 heavy (non-hydrogen) atoms. The van der Waals surface area contributed by atoms with Crippen molar-refractivity contribution in [2.45, 2.75) is 38.8 Å². The highest BCUT2D eigenvalue weighted by Crippen LogP contribution is 2.29. The Bertz CT molecular complexity index is 744. The van der Waals surface area contributed by atoms with E-state index >= 15 is 0 Å². The average Bonchev–Trinajstić information content (AvgIpc) is 2.54. The predicted octanol–water partition coefficient (Wildman–Crippen LogP) is 4.20. The second-order valence-electron chi connectivity index (χ2n) is 6.50. The molecule has 1 atom stereocenters. The Hall–Kier alpha value is -1.65. The molecule has 0 saturated carbocycles. The molecule has 1 N–H and O–H groups in total. The molecule has 0 bridgehead atoms. The summed E-state index contributed by atoms with van der Waals surface area (Å²) in [5, 5.41) is 9.62. The summed E-state index contributed by atoms with van der Waals surface area (Å²) in [5.74, 6) is -0.730. The number of halogens is 1. The lowest BCUT2D eigenvalue weighted by Crippen LogP contribution is -2.46. The van der Waals surface area contributed by atoms with E-state index in [4.69, 9.17) is 0 Å². The minimum atomic E-state index is -0.730. The lowest BCUT2D eigenvalue weighted by Gasteiger charge is -2.34. The molecule has 2 aromatic rings. The van der Waals surface area contributed by atoms with E-state index in [1.807, 2.05) is 12.1 Å². The molecule has 0 fully saturated rings. The van der Waals surface area contributed by atoms with Crippen LogP contribution in [0.1, 0.15) is 28.7 Å². The first-order chi connectivity index (χ1) is 11.5. The van der Waals surface area contributed by atoms with Crippen LogP contribution < -0.4 is 0 Å². The van der Waals surface area contributed by atoms with Gasteiger partial charge in [0.1, 0.15) is 6.04 Å². The van der Waals surface area contributed by atoms with Crippen LogP contribution in [0.15, 0.2) is 46.9 Å². The molecule has 0 aromatic heterocycles. The number of hydrogen-bond acceptors (Lipinski definition) is 2. The van der Waals surface area contributed by atoms with Crippen LogP contribution in [0.4, 0.5) is 0 Å². The molecule has 0 spiro atoms. The third-order valence-corrected chi connectivity index (χ3v) is 5.45. The third-order valence-electron chi connectivity index (χ3n) is 4.71. The number of carboxylic acid groups (broad SMARTS) is 1. The normalized spacial score (nSPS) is 17.5. The van der Waals surface area contributed by atoms with Gasteiger partial charge in [-0.2, -0.15) is 0 Å². The summed E-state index contributed by atoms with van der Waals surface area (Å²) in [6.07, 6.45) is 2.52. The molecule has 0 amide bonds. The first-order valence-corrected chi connectivity index (χ1v) is 9.12. The second-order valence-corrected chi connectivity index (χ2v) is 7.35. The Morgan fingerprint density at radius 2 is 2.08 bits per heavy atom. The van der Waals surface area contributed by atoms with Crippen molar-refractivity contribution in [3.05, 3.63) is 69.2 Å². The Balaban J connectivity index is 1.68. The molecule has 0 radical (unpaired) electrons. The summed E-state index contributed by atoms with van der Waals surface area (Å²) in [6.45, 7) is 3.61. The van der Waals surface area contributed by atoms with Gasteiger partial charge >= 0.3 is 5.97 Å². The van der Waals surface area contributed by atoms with Gasteiger partial charge in [-0.05, 0) is 49.1 Å². The summed E-state index contributed by atoms with van der Waals surface area (Å²) in [6, 6.07) is 14.2. The van der Waals surface area contributed by atoms with Gasteiger partial charge in [0.25, 0.3) is 0 Å². The van der Waals surface area contributed by atoms with E-state index in [2.05, 4.69) is 58.1 Å². The largest absolute Gasteiger partial charge is 0.480 e. The maximum Gasteiger partial charge on any atom is 0.321 e. The predicted molar refractivity (Wildman–Crippen MR) is 99.2 cm³/mol. The molecule has 4 heteroatoms. The molecule has 0 saturated heterocycles. The van der Waals surface area contributed by atoms with Gasteiger partial charge in [0, 0.05) is 17.4 Å². The summed E-state index contributed by atoms with van der Waals surface area (Å²) in [5.41, 5.74) is 4.96. The highest BCUT2D eigenvalue weighted by atomic mass is 79.9. The summed E-state index contributed by atoms with van der Waals surface area (Å²) in [7, 11) is 0. The zero-order chi connectivity index (χ0) is 17.1.